The summed E-state index contributed by atoms with van der Waals surface area (Å²) < 4.78 is 0. The van der Waals surface area contributed by atoms with E-state index >= 15 is 0 Å². The molecule has 0 aliphatic rings. The summed E-state index contributed by atoms with van der Waals surface area (Å²) in [5, 5.41) is 8.40. The van der Waals surface area contributed by atoms with Gasteiger partial charge in [-0.25, -0.2) is 0 Å². The van der Waals surface area contributed by atoms with Crippen LogP contribution in [0.5, 0.6) is 0 Å². The smallest absolute Gasteiger partial charge is 0.303 e. The van der Waals surface area contributed by atoms with E-state index in [1.807, 2.05) is 20.8 Å². The Morgan fingerprint density at radius 3 is 2.07 bits per heavy atom. The third-order valence-corrected chi connectivity index (χ3v) is 2.16. The van der Waals surface area contributed by atoms with Gasteiger partial charge in [0.2, 0.25) is 5.91 Å². The monoisotopic (exact) mass is 201 g/mol. The van der Waals surface area contributed by atoms with Crippen LogP contribution in [0.4, 0.5) is 0 Å². The number of carboxylic acids is 1. The summed E-state index contributed by atoms with van der Waals surface area (Å²) >= 11 is 0. The lowest BCUT2D eigenvalue weighted by molar-refractivity contribution is -0.137. The number of hydrogen-bond acceptors (Lipinski definition) is 2. The first-order valence-electron chi connectivity index (χ1n) is 4.73. The van der Waals surface area contributed by atoms with Gasteiger partial charge in [-0.15, -0.1) is 0 Å². The van der Waals surface area contributed by atoms with Gasteiger partial charge in [-0.1, -0.05) is 0 Å². The molecule has 0 aliphatic carbocycles. The van der Waals surface area contributed by atoms with Crippen molar-refractivity contribution in [3.05, 3.63) is 0 Å². The van der Waals surface area contributed by atoms with Crippen molar-refractivity contribution in [3.8, 4) is 0 Å². The molecule has 0 saturated heterocycles. The molecule has 0 unspecified atom stereocenters. The van der Waals surface area contributed by atoms with Gasteiger partial charge < -0.3 is 10.0 Å². The van der Waals surface area contributed by atoms with E-state index in [9.17, 15) is 9.59 Å². The molecule has 14 heavy (non-hydrogen) atoms. The van der Waals surface area contributed by atoms with Crippen LogP contribution in [0.1, 0.15) is 40.0 Å². The highest BCUT2D eigenvalue weighted by Gasteiger charge is 2.21. The van der Waals surface area contributed by atoms with Crippen molar-refractivity contribution in [2.45, 2.75) is 45.6 Å². The lowest BCUT2D eigenvalue weighted by atomic mass is 10.1. The molecular formula is C10H19NO3. The normalized spacial score (nSPS) is 11.1. The Hall–Kier alpha value is -1.06. The van der Waals surface area contributed by atoms with E-state index in [4.69, 9.17) is 5.11 Å². The topological polar surface area (TPSA) is 57.6 Å². The van der Waals surface area contributed by atoms with E-state index in [1.54, 1.807) is 11.9 Å². The van der Waals surface area contributed by atoms with Gasteiger partial charge in [-0.05, 0) is 27.2 Å². The van der Waals surface area contributed by atoms with Crippen molar-refractivity contribution in [2.75, 3.05) is 7.05 Å². The Morgan fingerprint density at radius 2 is 1.71 bits per heavy atom. The molecule has 0 bridgehead atoms. The Morgan fingerprint density at radius 1 is 1.21 bits per heavy atom. The maximum atomic E-state index is 11.5. The molecule has 1 N–H and O–H groups in total. The molecule has 1 amide bonds. The fourth-order valence-corrected chi connectivity index (χ4v) is 0.933. The van der Waals surface area contributed by atoms with E-state index in [-0.39, 0.29) is 17.9 Å². The fraction of sp³-hybridized carbons (Fsp3) is 0.800. The van der Waals surface area contributed by atoms with Crippen molar-refractivity contribution in [1.82, 2.24) is 4.90 Å². The molecule has 0 heterocycles. The number of hydrogen-bond donors (Lipinski definition) is 1. The first kappa shape index (κ1) is 12.9. The summed E-state index contributed by atoms with van der Waals surface area (Å²) in [5.41, 5.74) is -0.194. The van der Waals surface area contributed by atoms with Crippen molar-refractivity contribution in [2.24, 2.45) is 0 Å². The van der Waals surface area contributed by atoms with Gasteiger partial charge in [-0.2, -0.15) is 0 Å². The summed E-state index contributed by atoms with van der Waals surface area (Å²) in [6.45, 7) is 5.84. The summed E-state index contributed by atoms with van der Waals surface area (Å²) in [4.78, 5) is 23.4. The van der Waals surface area contributed by atoms with E-state index in [0.717, 1.165) is 0 Å². The molecule has 0 saturated carbocycles. The van der Waals surface area contributed by atoms with Gasteiger partial charge in [-0.3, -0.25) is 9.59 Å². The van der Waals surface area contributed by atoms with E-state index in [2.05, 4.69) is 0 Å². The fourth-order valence-electron chi connectivity index (χ4n) is 0.933. The summed E-state index contributed by atoms with van der Waals surface area (Å²) in [5.74, 6) is -0.852. The Kier molecular flexibility index (Phi) is 4.60. The van der Waals surface area contributed by atoms with Crippen molar-refractivity contribution in [3.63, 3.8) is 0 Å². The predicted octanol–water partition coefficient (Wildman–Crippen LogP) is 1.50. The van der Waals surface area contributed by atoms with Crippen LogP contribution in [0, 0.1) is 0 Å². The molecule has 0 aliphatic heterocycles. The number of carbonyl (C=O) groups excluding carboxylic acids is 1. The number of carboxylic acid groups (broad SMARTS) is 1. The van der Waals surface area contributed by atoms with Gasteiger partial charge >= 0.3 is 5.97 Å². The second kappa shape index (κ2) is 4.98. The van der Waals surface area contributed by atoms with Crippen LogP contribution in [-0.2, 0) is 9.59 Å². The molecule has 0 fully saturated rings. The molecule has 0 aromatic heterocycles. The van der Waals surface area contributed by atoms with Crippen LogP contribution in [-0.4, -0.2) is 34.5 Å². The summed E-state index contributed by atoms with van der Waals surface area (Å²) in [6.07, 6.45) is 0.776. The van der Waals surface area contributed by atoms with Crippen molar-refractivity contribution >= 4 is 11.9 Å². The van der Waals surface area contributed by atoms with Crippen LogP contribution < -0.4 is 0 Å². The molecule has 0 aromatic rings. The summed E-state index contributed by atoms with van der Waals surface area (Å²) in [7, 11) is 1.74. The number of amides is 1. The number of nitrogens with zero attached hydrogens (tertiary/aromatic N) is 1. The molecule has 0 rings (SSSR count). The first-order chi connectivity index (χ1) is 6.25. The minimum atomic E-state index is -0.851. The Labute approximate surface area is 84.9 Å². The minimum Gasteiger partial charge on any atom is -0.481 e. The summed E-state index contributed by atoms with van der Waals surface area (Å²) in [6, 6.07) is 0. The van der Waals surface area contributed by atoms with Crippen molar-refractivity contribution < 1.29 is 14.7 Å². The van der Waals surface area contributed by atoms with Gasteiger partial charge in [0.1, 0.15) is 0 Å². The minimum absolute atomic E-state index is 0.00116. The Bertz CT molecular complexity index is 218. The van der Waals surface area contributed by atoms with Crippen LogP contribution in [0.2, 0.25) is 0 Å². The SMILES string of the molecule is CN(C(=O)CCCC(=O)O)C(C)(C)C. The highest BCUT2D eigenvalue weighted by Crippen LogP contribution is 2.12. The zero-order chi connectivity index (χ0) is 11.4. The van der Waals surface area contributed by atoms with E-state index in [1.165, 1.54) is 0 Å². The van der Waals surface area contributed by atoms with Gasteiger partial charge in [0.05, 0.1) is 0 Å². The average molecular weight is 201 g/mol. The van der Waals surface area contributed by atoms with E-state index in [0.29, 0.717) is 12.8 Å². The lowest BCUT2D eigenvalue weighted by Gasteiger charge is -2.32. The van der Waals surface area contributed by atoms with Gasteiger partial charge in [0.15, 0.2) is 0 Å². The average Bonchev–Trinajstić information content (AvgIpc) is 2.00. The highest BCUT2D eigenvalue weighted by atomic mass is 16.4. The molecule has 4 heteroatoms. The lowest BCUT2D eigenvalue weighted by Crippen LogP contribution is -2.42. The number of rotatable bonds is 4. The maximum Gasteiger partial charge on any atom is 0.303 e. The quantitative estimate of drug-likeness (QED) is 0.749. The number of carbonyl (C=O) groups is 2. The number of aliphatic carboxylic acids is 1. The first-order valence-corrected chi connectivity index (χ1v) is 4.73. The second-order valence-corrected chi connectivity index (χ2v) is 4.37. The second-order valence-electron chi connectivity index (χ2n) is 4.37. The highest BCUT2D eigenvalue weighted by molar-refractivity contribution is 5.77. The third kappa shape index (κ3) is 4.84. The standard InChI is InChI=1S/C10H19NO3/c1-10(2,3)11(4)8(12)6-5-7-9(13)14/h5-7H2,1-4H3,(H,13,14). The predicted molar refractivity (Wildman–Crippen MR) is 54.0 cm³/mol. The van der Waals surface area contributed by atoms with Crippen LogP contribution in [0.15, 0.2) is 0 Å². The Balaban J connectivity index is 3.91. The van der Waals surface area contributed by atoms with Crippen molar-refractivity contribution in [1.29, 1.82) is 0 Å². The zero-order valence-corrected chi connectivity index (χ0v) is 9.33. The maximum absolute atomic E-state index is 11.5. The van der Waals surface area contributed by atoms with Crippen LogP contribution in [0.25, 0.3) is 0 Å². The molecule has 0 spiro atoms. The van der Waals surface area contributed by atoms with Gasteiger partial charge in [0, 0.05) is 25.4 Å². The molecule has 4 nitrogen and oxygen atoms in total. The molecular weight excluding hydrogens is 182 g/mol. The van der Waals surface area contributed by atoms with Crippen LogP contribution in [0.3, 0.4) is 0 Å². The largest absolute Gasteiger partial charge is 0.481 e. The molecule has 0 atom stereocenters. The molecule has 82 valence electrons. The van der Waals surface area contributed by atoms with Gasteiger partial charge in [0.25, 0.3) is 0 Å². The zero-order valence-electron chi connectivity index (χ0n) is 9.33. The molecule has 0 radical (unpaired) electrons. The third-order valence-electron chi connectivity index (χ3n) is 2.16. The van der Waals surface area contributed by atoms with E-state index < -0.39 is 5.97 Å². The van der Waals surface area contributed by atoms with Crippen LogP contribution >= 0.6 is 0 Å². The molecule has 0 aromatic carbocycles.